The van der Waals surface area contributed by atoms with Gasteiger partial charge in [-0.1, -0.05) is 12.1 Å². The Labute approximate surface area is 163 Å². The summed E-state index contributed by atoms with van der Waals surface area (Å²) in [6.07, 6.45) is 4.69. The molecule has 4 heterocycles. The Morgan fingerprint density at radius 2 is 2.07 bits per heavy atom. The largest absolute Gasteiger partial charge is 0.369 e. The van der Waals surface area contributed by atoms with Crippen molar-refractivity contribution in [1.82, 2.24) is 19.9 Å². The van der Waals surface area contributed by atoms with Gasteiger partial charge in [-0.15, -0.1) is 0 Å². The van der Waals surface area contributed by atoms with Gasteiger partial charge in [0.05, 0.1) is 40.8 Å². The van der Waals surface area contributed by atoms with E-state index < -0.39 is 0 Å². The molecule has 6 heteroatoms. The Kier molecular flexibility index (Phi) is 4.06. The summed E-state index contributed by atoms with van der Waals surface area (Å²) in [7, 11) is 0. The monoisotopic (exact) mass is 370 g/mol. The Morgan fingerprint density at radius 3 is 2.89 bits per heavy atom. The van der Waals surface area contributed by atoms with Crippen molar-refractivity contribution in [2.24, 2.45) is 5.73 Å². The number of nitrogens with one attached hydrogen (secondary N) is 1. The highest BCUT2D eigenvalue weighted by atomic mass is 15.2. The van der Waals surface area contributed by atoms with Crippen molar-refractivity contribution in [3.63, 3.8) is 0 Å². The first-order valence-corrected chi connectivity index (χ1v) is 9.55. The van der Waals surface area contributed by atoms with Gasteiger partial charge in [0.1, 0.15) is 0 Å². The average molecular weight is 370 g/mol. The van der Waals surface area contributed by atoms with Gasteiger partial charge >= 0.3 is 0 Å². The molecule has 140 valence electrons. The maximum absolute atomic E-state index is 6.07. The number of H-pyrrole nitrogens is 1. The fourth-order valence-corrected chi connectivity index (χ4v) is 3.85. The minimum absolute atomic E-state index is 0.246. The van der Waals surface area contributed by atoms with E-state index >= 15 is 0 Å². The van der Waals surface area contributed by atoms with Crippen LogP contribution >= 0.6 is 0 Å². The second kappa shape index (κ2) is 6.73. The lowest BCUT2D eigenvalue weighted by molar-refractivity contribution is 0.752. The van der Waals surface area contributed by atoms with Gasteiger partial charge in [-0.25, -0.2) is 4.98 Å². The van der Waals surface area contributed by atoms with E-state index in [0.29, 0.717) is 0 Å². The molecule has 0 unspecified atom stereocenters. The normalized spacial score (nSPS) is 16.8. The van der Waals surface area contributed by atoms with Crippen molar-refractivity contribution in [3.05, 3.63) is 60.7 Å². The molecule has 0 aliphatic carbocycles. The van der Waals surface area contributed by atoms with Crippen LogP contribution < -0.4 is 10.6 Å². The minimum atomic E-state index is 0.246. The zero-order valence-corrected chi connectivity index (χ0v) is 15.8. The first-order valence-electron chi connectivity index (χ1n) is 9.55. The second-order valence-electron chi connectivity index (χ2n) is 7.39. The van der Waals surface area contributed by atoms with Crippen LogP contribution in [0.5, 0.6) is 0 Å². The fourth-order valence-electron chi connectivity index (χ4n) is 3.85. The third kappa shape index (κ3) is 3.01. The lowest BCUT2D eigenvalue weighted by atomic mass is 10.0. The van der Waals surface area contributed by atoms with Crippen molar-refractivity contribution in [2.45, 2.75) is 19.4 Å². The summed E-state index contributed by atoms with van der Waals surface area (Å²) in [6.45, 7) is 3.86. The molecule has 1 atom stereocenters. The van der Waals surface area contributed by atoms with E-state index in [-0.39, 0.29) is 6.04 Å². The smallest absolute Gasteiger partial charge is 0.0977 e. The number of fused-ring (bicyclic) bond motifs is 1. The first kappa shape index (κ1) is 16.9. The number of nitrogens with two attached hydrogens (primary N) is 1. The topological polar surface area (TPSA) is 83.7 Å². The summed E-state index contributed by atoms with van der Waals surface area (Å²) in [5, 5.41) is 1.10. The van der Waals surface area contributed by atoms with Crippen LogP contribution in [-0.2, 0) is 0 Å². The molecule has 28 heavy (non-hydrogen) atoms. The molecule has 3 aromatic heterocycles. The lowest BCUT2D eigenvalue weighted by Crippen LogP contribution is -2.26. The van der Waals surface area contributed by atoms with E-state index in [1.807, 2.05) is 37.4 Å². The number of benzene rings is 1. The average Bonchev–Trinajstić information content (AvgIpc) is 3.36. The predicted octanol–water partition coefficient (Wildman–Crippen LogP) is 3.53. The molecule has 3 N–H and O–H groups in total. The molecule has 0 saturated carbocycles. The Balaban J connectivity index is 1.56. The van der Waals surface area contributed by atoms with Gasteiger partial charge in [-0.3, -0.25) is 9.97 Å². The van der Waals surface area contributed by atoms with Crippen LogP contribution in [0.1, 0.15) is 12.1 Å². The minimum Gasteiger partial charge on any atom is -0.369 e. The Hall–Kier alpha value is -3.25. The summed E-state index contributed by atoms with van der Waals surface area (Å²) < 4.78 is 0. The summed E-state index contributed by atoms with van der Waals surface area (Å²) in [4.78, 5) is 19.4. The van der Waals surface area contributed by atoms with Gasteiger partial charge in [0.15, 0.2) is 0 Å². The number of aromatic amines is 1. The molecular weight excluding hydrogens is 348 g/mol. The van der Waals surface area contributed by atoms with Crippen LogP contribution in [0.4, 0.5) is 5.69 Å². The molecule has 6 nitrogen and oxygen atoms in total. The van der Waals surface area contributed by atoms with Crippen LogP contribution in [0.15, 0.2) is 55.0 Å². The van der Waals surface area contributed by atoms with Crippen molar-refractivity contribution in [2.75, 3.05) is 18.0 Å². The van der Waals surface area contributed by atoms with Crippen molar-refractivity contribution < 1.29 is 0 Å². The predicted molar refractivity (Wildman–Crippen MR) is 112 cm³/mol. The summed E-state index contributed by atoms with van der Waals surface area (Å²) in [5.74, 6) is 0. The highest BCUT2D eigenvalue weighted by Gasteiger charge is 2.20. The van der Waals surface area contributed by atoms with Crippen LogP contribution in [-0.4, -0.2) is 39.1 Å². The van der Waals surface area contributed by atoms with E-state index in [0.717, 1.165) is 64.4 Å². The number of imidazole rings is 1. The third-order valence-corrected chi connectivity index (χ3v) is 5.31. The second-order valence-corrected chi connectivity index (χ2v) is 7.39. The number of nitrogens with zero attached hydrogens (tertiary/aromatic N) is 4. The highest BCUT2D eigenvalue weighted by Crippen LogP contribution is 2.31. The quantitative estimate of drug-likeness (QED) is 0.576. The SMILES string of the molecule is Cc1cccc(-c2[nH]cnc2-c2ccc3ncc(N4CC[C@@H](N)C4)cc3c2)n1. The van der Waals surface area contributed by atoms with Gasteiger partial charge in [0, 0.05) is 35.8 Å². The molecule has 0 amide bonds. The van der Waals surface area contributed by atoms with Crippen molar-refractivity contribution in [1.29, 1.82) is 0 Å². The van der Waals surface area contributed by atoms with E-state index in [4.69, 9.17) is 5.73 Å². The maximum atomic E-state index is 6.07. The van der Waals surface area contributed by atoms with E-state index in [1.54, 1.807) is 6.33 Å². The molecule has 4 aromatic rings. The Bertz CT molecular complexity index is 1150. The standard InChI is InChI=1S/C22H22N6/c1-14-3-2-4-20(27-14)22-21(25-13-26-22)15-5-6-19-16(9-15)10-18(11-24-19)28-8-7-17(23)12-28/h2-6,9-11,13,17H,7-8,12,23H2,1H3,(H,25,26)/t17-/m1/s1. The van der Waals surface area contributed by atoms with Gasteiger partial charge in [-0.2, -0.15) is 0 Å². The molecule has 5 rings (SSSR count). The third-order valence-electron chi connectivity index (χ3n) is 5.31. The number of aromatic nitrogens is 4. The molecular formula is C22H22N6. The van der Waals surface area contributed by atoms with Gasteiger partial charge < -0.3 is 15.6 Å². The number of rotatable bonds is 3. The fraction of sp³-hybridized carbons (Fsp3) is 0.227. The number of aryl methyl sites for hydroxylation is 1. The summed E-state index contributed by atoms with van der Waals surface area (Å²) in [5.41, 5.74) is 12.9. The molecule has 0 bridgehead atoms. The Morgan fingerprint density at radius 1 is 1.14 bits per heavy atom. The number of anilines is 1. The van der Waals surface area contributed by atoms with Crippen LogP contribution in [0.2, 0.25) is 0 Å². The summed E-state index contributed by atoms with van der Waals surface area (Å²) in [6, 6.07) is 14.7. The maximum Gasteiger partial charge on any atom is 0.0977 e. The molecule has 1 aromatic carbocycles. The zero-order valence-electron chi connectivity index (χ0n) is 15.8. The van der Waals surface area contributed by atoms with Crippen LogP contribution in [0.3, 0.4) is 0 Å². The van der Waals surface area contributed by atoms with E-state index in [2.05, 4.69) is 43.0 Å². The number of hydrogen-bond donors (Lipinski definition) is 2. The molecule has 0 radical (unpaired) electrons. The molecule has 1 fully saturated rings. The molecule has 0 spiro atoms. The lowest BCUT2D eigenvalue weighted by Gasteiger charge is -2.18. The van der Waals surface area contributed by atoms with Crippen LogP contribution in [0, 0.1) is 6.92 Å². The van der Waals surface area contributed by atoms with E-state index in [1.165, 1.54) is 0 Å². The van der Waals surface area contributed by atoms with Gasteiger partial charge in [0.2, 0.25) is 0 Å². The van der Waals surface area contributed by atoms with Crippen molar-refractivity contribution >= 4 is 16.6 Å². The summed E-state index contributed by atoms with van der Waals surface area (Å²) >= 11 is 0. The molecule has 1 aliphatic heterocycles. The van der Waals surface area contributed by atoms with Gasteiger partial charge in [0.25, 0.3) is 0 Å². The number of pyridine rings is 2. The molecule has 1 saturated heterocycles. The van der Waals surface area contributed by atoms with Crippen molar-refractivity contribution in [3.8, 4) is 22.6 Å². The van der Waals surface area contributed by atoms with Crippen LogP contribution in [0.25, 0.3) is 33.5 Å². The van der Waals surface area contributed by atoms with Gasteiger partial charge in [-0.05, 0) is 43.7 Å². The zero-order chi connectivity index (χ0) is 19.1. The van der Waals surface area contributed by atoms with E-state index in [9.17, 15) is 0 Å². The first-order chi connectivity index (χ1) is 13.7. The molecule has 1 aliphatic rings. The highest BCUT2D eigenvalue weighted by molar-refractivity contribution is 5.88. The number of hydrogen-bond acceptors (Lipinski definition) is 5.